The van der Waals surface area contributed by atoms with Crippen molar-refractivity contribution in [3.63, 3.8) is 0 Å². The molecule has 0 atom stereocenters. The Kier molecular flexibility index (Phi) is 3.46. The number of rotatable bonds is 5. The molecule has 0 aliphatic heterocycles. The molecule has 6 nitrogen and oxygen atoms in total. The van der Waals surface area contributed by atoms with Gasteiger partial charge in [-0.25, -0.2) is 4.79 Å². The summed E-state index contributed by atoms with van der Waals surface area (Å²) in [5.74, 6) is -1.21. The molecule has 0 spiro atoms. The zero-order valence-corrected chi connectivity index (χ0v) is 8.27. The maximum atomic E-state index is 10.7. The maximum absolute atomic E-state index is 10.7. The van der Waals surface area contributed by atoms with Gasteiger partial charge in [-0.3, -0.25) is 9.69 Å². The highest BCUT2D eigenvalue weighted by molar-refractivity contribution is 5.88. The minimum atomic E-state index is -1.05. The number of carbonyl (C=O) groups excluding carboxylic acids is 1. The highest BCUT2D eigenvalue weighted by atomic mass is 16.4. The molecule has 0 fully saturated rings. The van der Waals surface area contributed by atoms with E-state index >= 15 is 0 Å². The summed E-state index contributed by atoms with van der Waals surface area (Å²) in [4.78, 5) is 22.9. The van der Waals surface area contributed by atoms with E-state index in [9.17, 15) is 9.59 Å². The number of carboxylic acids is 1. The molecule has 1 aromatic heterocycles. The fraction of sp³-hybridized carbons (Fsp3) is 0.333. The summed E-state index contributed by atoms with van der Waals surface area (Å²) in [6.07, 6.45) is 1.30. The molecule has 6 heteroatoms. The van der Waals surface area contributed by atoms with E-state index in [0.717, 1.165) is 0 Å². The Morgan fingerprint density at radius 2 is 2.27 bits per heavy atom. The predicted octanol–water partition coefficient (Wildman–Crippen LogP) is -0.105. The number of carbonyl (C=O) groups is 2. The van der Waals surface area contributed by atoms with Crippen molar-refractivity contribution in [2.24, 2.45) is 5.73 Å². The third-order valence-corrected chi connectivity index (χ3v) is 1.82. The van der Waals surface area contributed by atoms with E-state index in [1.165, 1.54) is 12.3 Å². The molecule has 1 heterocycles. The predicted molar refractivity (Wildman–Crippen MR) is 51.2 cm³/mol. The zero-order chi connectivity index (χ0) is 11.4. The number of aromatic carboxylic acids is 1. The molecule has 0 saturated heterocycles. The third kappa shape index (κ3) is 3.10. The minimum absolute atomic E-state index is 0.0553. The highest BCUT2D eigenvalue weighted by Gasteiger charge is 2.15. The zero-order valence-electron chi connectivity index (χ0n) is 8.27. The summed E-state index contributed by atoms with van der Waals surface area (Å²) in [6.45, 7) is 0.289. The van der Waals surface area contributed by atoms with Crippen LogP contribution >= 0.6 is 0 Å². The number of hydrogen-bond acceptors (Lipinski definition) is 4. The second kappa shape index (κ2) is 4.61. The maximum Gasteiger partial charge on any atom is 0.339 e. The van der Waals surface area contributed by atoms with Gasteiger partial charge in [-0.05, 0) is 13.1 Å². The standard InChI is InChI=1S/C9H12N2O4/c1-11(5-8(10)12)4-7-6(9(13)14)2-3-15-7/h2-3H,4-5H2,1H3,(H2,10,12)(H,13,14). The number of hydrogen-bond donors (Lipinski definition) is 2. The molecule has 0 unspecified atom stereocenters. The fourth-order valence-electron chi connectivity index (χ4n) is 1.22. The topological polar surface area (TPSA) is 96.8 Å². The second-order valence-corrected chi connectivity index (χ2v) is 3.20. The second-order valence-electron chi connectivity index (χ2n) is 3.20. The van der Waals surface area contributed by atoms with Crippen LogP contribution in [0.4, 0.5) is 0 Å². The first-order chi connectivity index (χ1) is 7.00. The lowest BCUT2D eigenvalue weighted by molar-refractivity contribution is -0.119. The van der Waals surface area contributed by atoms with Crippen molar-refractivity contribution in [1.82, 2.24) is 4.90 Å². The molecule has 0 saturated carbocycles. The summed E-state index contributed by atoms with van der Waals surface area (Å²) in [5, 5.41) is 8.78. The Balaban J connectivity index is 2.67. The third-order valence-electron chi connectivity index (χ3n) is 1.82. The Bertz CT molecular complexity index is 372. The quantitative estimate of drug-likeness (QED) is 0.710. The Labute approximate surface area is 86.3 Å². The van der Waals surface area contributed by atoms with Gasteiger partial charge in [-0.1, -0.05) is 0 Å². The lowest BCUT2D eigenvalue weighted by Crippen LogP contribution is -2.30. The Morgan fingerprint density at radius 3 is 2.80 bits per heavy atom. The SMILES string of the molecule is CN(CC(N)=O)Cc1occc1C(=O)O. The lowest BCUT2D eigenvalue weighted by Gasteiger charge is -2.12. The van der Waals surface area contributed by atoms with Crippen LogP contribution in [-0.4, -0.2) is 35.5 Å². The number of amides is 1. The summed E-state index contributed by atoms with van der Waals surface area (Å²) in [7, 11) is 1.65. The number of likely N-dealkylation sites (N-methyl/N-ethyl adjacent to an activating group) is 1. The molecular formula is C9H12N2O4. The van der Waals surface area contributed by atoms with E-state index in [0.29, 0.717) is 5.76 Å². The van der Waals surface area contributed by atoms with Crippen LogP contribution in [0, 0.1) is 0 Å². The molecular weight excluding hydrogens is 200 g/mol. The minimum Gasteiger partial charge on any atom is -0.478 e. The van der Waals surface area contributed by atoms with Crippen LogP contribution in [0.3, 0.4) is 0 Å². The molecule has 0 bridgehead atoms. The molecule has 1 aromatic rings. The summed E-state index contributed by atoms with van der Waals surface area (Å²) in [6, 6.07) is 1.37. The van der Waals surface area contributed by atoms with E-state index in [2.05, 4.69) is 0 Å². The summed E-state index contributed by atoms with van der Waals surface area (Å²) < 4.78 is 5.00. The Hall–Kier alpha value is -1.82. The average Bonchev–Trinajstić information content (AvgIpc) is 2.50. The van der Waals surface area contributed by atoms with Gasteiger partial charge in [0, 0.05) is 0 Å². The van der Waals surface area contributed by atoms with Crippen LogP contribution < -0.4 is 5.73 Å². The summed E-state index contributed by atoms with van der Waals surface area (Å²) >= 11 is 0. The highest BCUT2D eigenvalue weighted by Crippen LogP contribution is 2.12. The number of carboxylic acid groups (broad SMARTS) is 1. The van der Waals surface area contributed by atoms with Gasteiger partial charge >= 0.3 is 5.97 Å². The van der Waals surface area contributed by atoms with Gasteiger partial charge in [0.15, 0.2) is 0 Å². The molecule has 1 rings (SSSR count). The van der Waals surface area contributed by atoms with Crippen LogP contribution in [0.25, 0.3) is 0 Å². The van der Waals surface area contributed by atoms with Crippen molar-refractivity contribution >= 4 is 11.9 Å². The van der Waals surface area contributed by atoms with Crippen LogP contribution in [0.2, 0.25) is 0 Å². The van der Waals surface area contributed by atoms with Gasteiger partial charge in [0.05, 0.1) is 19.4 Å². The number of nitrogens with two attached hydrogens (primary N) is 1. The molecule has 0 aliphatic carbocycles. The van der Waals surface area contributed by atoms with E-state index in [-0.39, 0.29) is 18.7 Å². The molecule has 1 amide bonds. The van der Waals surface area contributed by atoms with Crippen molar-refractivity contribution in [3.05, 3.63) is 23.7 Å². The van der Waals surface area contributed by atoms with Gasteiger partial charge in [-0.15, -0.1) is 0 Å². The largest absolute Gasteiger partial charge is 0.478 e. The molecule has 15 heavy (non-hydrogen) atoms. The molecule has 0 aliphatic rings. The molecule has 3 N–H and O–H groups in total. The summed E-state index contributed by atoms with van der Waals surface area (Å²) in [5.41, 5.74) is 5.10. The van der Waals surface area contributed by atoms with Crippen molar-refractivity contribution in [2.75, 3.05) is 13.6 Å². The number of nitrogens with zero attached hydrogens (tertiary/aromatic N) is 1. The van der Waals surface area contributed by atoms with Crippen LogP contribution in [-0.2, 0) is 11.3 Å². The van der Waals surface area contributed by atoms with Gasteiger partial charge in [0.25, 0.3) is 0 Å². The van der Waals surface area contributed by atoms with Crippen molar-refractivity contribution in [2.45, 2.75) is 6.54 Å². The van der Waals surface area contributed by atoms with Crippen molar-refractivity contribution in [1.29, 1.82) is 0 Å². The van der Waals surface area contributed by atoms with Crippen molar-refractivity contribution < 1.29 is 19.1 Å². The molecule has 0 radical (unpaired) electrons. The number of furan rings is 1. The molecule has 82 valence electrons. The van der Waals surface area contributed by atoms with Crippen LogP contribution in [0.5, 0.6) is 0 Å². The van der Waals surface area contributed by atoms with Gasteiger partial charge < -0.3 is 15.3 Å². The average molecular weight is 212 g/mol. The van der Waals surface area contributed by atoms with Crippen molar-refractivity contribution in [3.8, 4) is 0 Å². The first kappa shape index (κ1) is 11.3. The smallest absolute Gasteiger partial charge is 0.339 e. The number of primary amides is 1. The van der Waals surface area contributed by atoms with E-state index < -0.39 is 11.9 Å². The van der Waals surface area contributed by atoms with E-state index in [1.54, 1.807) is 11.9 Å². The Morgan fingerprint density at radius 1 is 1.60 bits per heavy atom. The monoisotopic (exact) mass is 212 g/mol. The normalized spacial score (nSPS) is 10.5. The van der Waals surface area contributed by atoms with Crippen LogP contribution in [0.1, 0.15) is 16.1 Å². The first-order valence-corrected chi connectivity index (χ1v) is 4.27. The first-order valence-electron chi connectivity index (χ1n) is 4.27. The molecule has 0 aromatic carbocycles. The van der Waals surface area contributed by atoms with Gasteiger partial charge in [0.2, 0.25) is 5.91 Å². The van der Waals surface area contributed by atoms with Gasteiger partial charge in [-0.2, -0.15) is 0 Å². The van der Waals surface area contributed by atoms with E-state index in [4.69, 9.17) is 15.3 Å². The van der Waals surface area contributed by atoms with Gasteiger partial charge in [0.1, 0.15) is 11.3 Å². The fourth-order valence-corrected chi connectivity index (χ4v) is 1.22. The lowest BCUT2D eigenvalue weighted by atomic mass is 10.2. The van der Waals surface area contributed by atoms with Crippen LogP contribution in [0.15, 0.2) is 16.7 Å². The van der Waals surface area contributed by atoms with E-state index in [1.807, 2.05) is 0 Å².